The van der Waals surface area contributed by atoms with Crippen LogP contribution in [0.5, 0.6) is 0 Å². The van der Waals surface area contributed by atoms with Crippen molar-refractivity contribution < 1.29 is 9.53 Å². The number of nitrogens with one attached hydrogen (secondary N) is 1. The highest BCUT2D eigenvalue weighted by molar-refractivity contribution is 5.76. The molecule has 1 fully saturated rings. The first-order chi connectivity index (χ1) is 6.74. The van der Waals surface area contributed by atoms with Gasteiger partial charge in [0.15, 0.2) is 0 Å². The molecule has 14 heavy (non-hydrogen) atoms. The van der Waals surface area contributed by atoms with Gasteiger partial charge in [0, 0.05) is 25.0 Å². The average Bonchev–Trinajstić information content (AvgIpc) is 2.67. The van der Waals surface area contributed by atoms with Crippen LogP contribution in [0.4, 0.5) is 0 Å². The van der Waals surface area contributed by atoms with Crippen LogP contribution in [0, 0.1) is 5.92 Å². The van der Waals surface area contributed by atoms with Crippen molar-refractivity contribution >= 4 is 5.91 Å². The monoisotopic (exact) mass is 200 g/mol. The Balaban J connectivity index is 2.18. The van der Waals surface area contributed by atoms with Crippen LogP contribution in [0.15, 0.2) is 0 Å². The van der Waals surface area contributed by atoms with Gasteiger partial charge in [-0.05, 0) is 26.3 Å². The van der Waals surface area contributed by atoms with Crippen LogP contribution >= 0.6 is 0 Å². The Kier molecular flexibility index (Phi) is 4.90. The summed E-state index contributed by atoms with van der Waals surface area (Å²) < 4.78 is 5.27. The predicted octanol–water partition coefficient (Wildman–Crippen LogP) is 0.267. The lowest BCUT2D eigenvalue weighted by Gasteiger charge is -2.19. The van der Waals surface area contributed by atoms with E-state index in [0.29, 0.717) is 18.9 Å². The fourth-order valence-electron chi connectivity index (χ4n) is 1.65. The topological polar surface area (TPSA) is 64.4 Å². The van der Waals surface area contributed by atoms with Gasteiger partial charge >= 0.3 is 0 Å². The van der Waals surface area contributed by atoms with Crippen molar-refractivity contribution in [3.63, 3.8) is 0 Å². The van der Waals surface area contributed by atoms with Crippen LogP contribution in [0.25, 0.3) is 0 Å². The Morgan fingerprint density at radius 2 is 2.50 bits per heavy atom. The first-order valence-electron chi connectivity index (χ1n) is 5.31. The zero-order valence-electron chi connectivity index (χ0n) is 8.79. The first-order valence-corrected chi connectivity index (χ1v) is 5.31. The van der Waals surface area contributed by atoms with Gasteiger partial charge in [0.25, 0.3) is 0 Å². The second kappa shape index (κ2) is 5.98. The molecule has 3 N–H and O–H groups in total. The van der Waals surface area contributed by atoms with Crippen molar-refractivity contribution in [3.05, 3.63) is 0 Å². The van der Waals surface area contributed by atoms with Gasteiger partial charge in [0.05, 0.1) is 6.61 Å². The van der Waals surface area contributed by atoms with E-state index in [1.54, 1.807) is 0 Å². The summed E-state index contributed by atoms with van der Waals surface area (Å²) in [6.07, 6.45) is 2.35. The molecule has 0 aromatic rings. The van der Waals surface area contributed by atoms with Crippen LogP contribution in [-0.2, 0) is 9.53 Å². The molecule has 82 valence electrons. The summed E-state index contributed by atoms with van der Waals surface area (Å²) in [4.78, 5) is 11.4. The second-order valence-electron chi connectivity index (χ2n) is 3.87. The van der Waals surface area contributed by atoms with Crippen molar-refractivity contribution in [2.24, 2.45) is 11.7 Å². The number of hydrogen-bond acceptors (Lipinski definition) is 3. The van der Waals surface area contributed by atoms with E-state index in [2.05, 4.69) is 5.32 Å². The number of ether oxygens (including phenoxy) is 1. The molecule has 2 atom stereocenters. The molecule has 0 bridgehead atoms. The van der Waals surface area contributed by atoms with E-state index in [0.717, 1.165) is 26.1 Å². The Morgan fingerprint density at radius 3 is 3.07 bits per heavy atom. The van der Waals surface area contributed by atoms with Gasteiger partial charge in [-0.2, -0.15) is 0 Å². The quantitative estimate of drug-likeness (QED) is 0.669. The molecule has 0 aromatic heterocycles. The summed E-state index contributed by atoms with van der Waals surface area (Å²) in [5.74, 6) is 0.590. The van der Waals surface area contributed by atoms with Gasteiger partial charge in [-0.15, -0.1) is 0 Å². The van der Waals surface area contributed by atoms with Gasteiger partial charge < -0.3 is 15.8 Å². The Hall–Kier alpha value is -0.610. The van der Waals surface area contributed by atoms with Crippen molar-refractivity contribution in [2.75, 3.05) is 19.8 Å². The molecule has 0 saturated carbocycles. The van der Waals surface area contributed by atoms with E-state index in [1.165, 1.54) is 0 Å². The lowest BCUT2D eigenvalue weighted by atomic mass is 10.0. The number of carbonyl (C=O) groups excluding carboxylic acids is 1. The molecule has 0 spiro atoms. The number of nitrogens with two attached hydrogens (primary N) is 1. The largest absolute Gasteiger partial charge is 0.381 e. The summed E-state index contributed by atoms with van der Waals surface area (Å²) in [6.45, 7) is 4.22. The second-order valence-corrected chi connectivity index (χ2v) is 3.87. The van der Waals surface area contributed by atoms with E-state index in [4.69, 9.17) is 10.5 Å². The fourth-order valence-corrected chi connectivity index (χ4v) is 1.65. The van der Waals surface area contributed by atoms with Crippen LogP contribution in [0.1, 0.15) is 26.2 Å². The number of rotatable bonds is 5. The standard InChI is InChI=1S/C10H20N2O2/c1-8(9-4-6-14-7-9)12-10(13)3-2-5-11/h8-9H,2-7,11H2,1H3,(H,12,13). The summed E-state index contributed by atoms with van der Waals surface area (Å²) in [5, 5.41) is 2.98. The fraction of sp³-hybridized carbons (Fsp3) is 0.900. The SMILES string of the molecule is CC(NC(=O)CCCN)C1CCOC1. The molecule has 1 saturated heterocycles. The summed E-state index contributed by atoms with van der Waals surface area (Å²) in [7, 11) is 0. The summed E-state index contributed by atoms with van der Waals surface area (Å²) in [5.41, 5.74) is 5.33. The summed E-state index contributed by atoms with van der Waals surface area (Å²) in [6, 6.07) is 0.225. The molecule has 0 aliphatic carbocycles. The smallest absolute Gasteiger partial charge is 0.220 e. The van der Waals surface area contributed by atoms with Crippen molar-refractivity contribution in [1.82, 2.24) is 5.32 Å². The van der Waals surface area contributed by atoms with Crippen LogP contribution in [-0.4, -0.2) is 31.7 Å². The molecule has 1 rings (SSSR count). The molecular formula is C10H20N2O2. The maximum absolute atomic E-state index is 11.4. The minimum Gasteiger partial charge on any atom is -0.381 e. The van der Waals surface area contributed by atoms with Crippen molar-refractivity contribution in [2.45, 2.75) is 32.2 Å². The first kappa shape index (κ1) is 11.5. The van der Waals surface area contributed by atoms with Crippen LogP contribution < -0.4 is 11.1 Å². The number of amides is 1. The van der Waals surface area contributed by atoms with Crippen molar-refractivity contribution in [1.29, 1.82) is 0 Å². The van der Waals surface area contributed by atoms with Gasteiger partial charge in [-0.1, -0.05) is 0 Å². The Labute approximate surface area is 85.2 Å². The maximum atomic E-state index is 11.4. The number of carbonyl (C=O) groups is 1. The maximum Gasteiger partial charge on any atom is 0.220 e. The Bertz CT molecular complexity index is 179. The van der Waals surface area contributed by atoms with E-state index < -0.39 is 0 Å². The average molecular weight is 200 g/mol. The van der Waals surface area contributed by atoms with Gasteiger partial charge in [-0.3, -0.25) is 4.79 Å². The highest BCUT2D eigenvalue weighted by Crippen LogP contribution is 2.16. The third-order valence-electron chi connectivity index (χ3n) is 2.67. The lowest BCUT2D eigenvalue weighted by molar-refractivity contribution is -0.122. The molecule has 0 radical (unpaired) electrons. The minimum atomic E-state index is 0.106. The van der Waals surface area contributed by atoms with Gasteiger partial charge in [-0.25, -0.2) is 0 Å². The predicted molar refractivity (Wildman–Crippen MR) is 54.8 cm³/mol. The molecule has 1 amide bonds. The van der Waals surface area contributed by atoms with Gasteiger partial charge in [0.1, 0.15) is 0 Å². The summed E-state index contributed by atoms with van der Waals surface area (Å²) >= 11 is 0. The minimum absolute atomic E-state index is 0.106. The molecule has 0 aromatic carbocycles. The lowest BCUT2D eigenvalue weighted by Crippen LogP contribution is -2.38. The highest BCUT2D eigenvalue weighted by atomic mass is 16.5. The van der Waals surface area contributed by atoms with E-state index >= 15 is 0 Å². The van der Waals surface area contributed by atoms with Crippen LogP contribution in [0.2, 0.25) is 0 Å². The van der Waals surface area contributed by atoms with E-state index in [1.807, 2.05) is 6.92 Å². The van der Waals surface area contributed by atoms with E-state index in [9.17, 15) is 4.79 Å². The molecule has 4 heteroatoms. The zero-order valence-corrected chi connectivity index (χ0v) is 8.79. The molecule has 1 heterocycles. The third-order valence-corrected chi connectivity index (χ3v) is 2.67. The van der Waals surface area contributed by atoms with E-state index in [-0.39, 0.29) is 11.9 Å². The normalized spacial score (nSPS) is 23.4. The Morgan fingerprint density at radius 1 is 1.71 bits per heavy atom. The molecule has 1 aliphatic heterocycles. The highest BCUT2D eigenvalue weighted by Gasteiger charge is 2.23. The molecule has 4 nitrogen and oxygen atoms in total. The third kappa shape index (κ3) is 3.64. The number of hydrogen-bond donors (Lipinski definition) is 2. The zero-order chi connectivity index (χ0) is 10.4. The molecule has 2 unspecified atom stereocenters. The van der Waals surface area contributed by atoms with Crippen LogP contribution in [0.3, 0.4) is 0 Å². The van der Waals surface area contributed by atoms with Gasteiger partial charge in [0.2, 0.25) is 5.91 Å². The molecular weight excluding hydrogens is 180 g/mol. The van der Waals surface area contributed by atoms with Crippen molar-refractivity contribution in [3.8, 4) is 0 Å². The molecule has 1 aliphatic rings.